The van der Waals surface area contributed by atoms with Gasteiger partial charge in [-0.1, -0.05) is 6.42 Å². The van der Waals surface area contributed by atoms with Crippen LogP contribution in [-0.2, 0) is 0 Å². The fraction of sp³-hybridized carbons (Fsp3) is 1.00. The first-order valence-corrected chi connectivity index (χ1v) is 6.14. The minimum Gasteiger partial charge on any atom is -0.314 e. The van der Waals surface area contributed by atoms with Crippen molar-refractivity contribution in [2.24, 2.45) is 11.8 Å². The molecule has 3 unspecified atom stereocenters. The summed E-state index contributed by atoms with van der Waals surface area (Å²) >= 11 is 0. The van der Waals surface area contributed by atoms with Crippen molar-refractivity contribution in [1.82, 2.24) is 10.2 Å². The molecular weight excluding hydrogens is 172 g/mol. The van der Waals surface area contributed by atoms with Gasteiger partial charge in [0, 0.05) is 6.04 Å². The Kier molecular flexibility index (Phi) is 3.45. The summed E-state index contributed by atoms with van der Waals surface area (Å²) in [5, 5.41) is 3.74. The van der Waals surface area contributed by atoms with E-state index in [2.05, 4.69) is 24.3 Å². The lowest BCUT2D eigenvalue weighted by molar-refractivity contribution is 0.335. The largest absolute Gasteiger partial charge is 0.314 e. The summed E-state index contributed by atoms with van der Waals surface area (Å²) in [6.07, 6.45) is 7.29. The van der Waals surface area contributed by atoms with E-state index in [0.29, 0.717) is 0 Å². The molecule has 2 rings (SSSR count). The Bertz CT molecular complexity index is 179. The minimum atomic E-state index is 0.871. The van der Waals surface area contributed by atoms with Crippen LogP contribution >= 0.6 is 0 Å². The second-order valence-electron chi connectivity index (χ2n) is 5.39. The highest BCUT2D eigenvalue weighted by Gasteiger charge is 2.38. The molecule has 0 aromatic carbocycles. The summed E-state index contributed by atoms with van der Waals surface area (Å²) in [4.78, 5) is 2.27. The van der Waals surface area contributed by atoms with Crippen molar-refractivity contribution < 1.29 is 0 Å². The van der Waals surface area contributed by atoms with Crippen LogP contribution in [0.5, 0.6) is 0 Å². The molecule has 82 valence electrons. The molecule has 0 radical (unpaired) electrons. The maximum Gasteiger partial charge on any atom is 0.00980 e. The van der Waals surface area contributed by atoms with Crippen molar-refractivity contribution in [3.63, 3.8) is 0 Å². The summed E-state index contributed by atoms with van der Waals surface area (Å²) in [7, 11) is 4.30. The molecule has 0 spiro atoms. The quantitative estimate of drug-likeness (QED) is 0.674. The van der Waals surface area contributed by atoms with Gasteiger partial charge in [0.1, 0.15) is 0 Å². The number of fused-ring (bicyclic) bond motifs is 2. The molecule has 2 nitrogen and oxygen atoms in total. The molecule has 0 aromatic rings. The zero-order valence-corrected chi connectivity index (χ0v) is 9.63. The van der Waals surface area contributed by atoms with Gasteiger partial charge in [-0.05, 0) is 64.7 Å². The van der Waals surface area contributed by atoms with E-state index in [1.54, 1.807) is 0 Å². The van der Waals surface area contributed by atoms with Gasteiger partial charge in [0.2, 0.25) is 0 Å². The Morgan fingerprint density at radius 1 is 1.21 bits per heavy atom. The van der Waals surface area contributed by atoms with E-state index < -0.39 is 0 Å². The van der Waals surface area contributed by atoms with E-state index in [0.717, 1.165) is 17.9 Å². The highest BCUT2D eigenvalue weighted by molar-refractivity contribution is 4.93. The van der Waals surface area contributed by atoms with Crippen LogP contribution in [0.1, 0.15) is 32.1 Å². The average Bonchev–Trinajstić information content (AvgIpc) is 2.73. The van der Waals surface area contributed by atoms with E-state index in [9.17, 15) is 0 Å². The van der Waals surface area contributed by atoms with Gasteiger partial charge in [-0.15, -0.1) is 0 Å². The molecule has 2 aliphatic carbocycles. The van der Waals surface area contributed by atoms with Crippen LogP contribution in [0.4, 0.5) is 0 Å². The van der Waals surface area contributed by atoms with Crippen molar-refractivity contribution in [3.05, 3.63) is 0 Å². The molecule has 3 atom stereocenters. The third kappa shape index (κ3) is 2.48. The summed E-state index contributed by atoms with van der Waals surface area (Å²) in [5.74, 6) is 2.10. The first-order valence-electron chi connectivity index (χ1n) is 6.14. The van der Waals surface area contributed by atoms with Crippen LogP contribution in [0, 0.1) is 11.8 Å². The number of nitrogens with one attached hydrogen (secondary N) is 1. The van der Waals surface area contributed by atoms with Gasteiger partial charge in [0.15, 0.2) is 0 Å². The molecule has 0 heterocycles. The van der Waals surface area contributed by atoms with Crippen LogP contribution in [-0.4, -0.2) is 38.1 Å². The highest BCUT2D eigenvalue weighted by Crippen LogP contribution is 2.44. The van der Waals surface area contributed by atoms with E-state index >= 15 is 0 Å². The van der Waals surface area contributed by atoms with E-state index in [-0.39, 0.29) is 0 Å². The first-order chi connectivity index (χ1) is 6.75. The molecule has 0 saturated heterocycles. The van der Waals surface area contributed by atoms with Crippen LogP contribution in [0.2, 0.25) is 0 Å². The first kappa shape index (κ1) is 10.4. The van der Waals surface area contributed by atoms with Crippen LogP contribution < -0.4 is 5.32 Å². The van der Waals surface area contributed by atoms with Gasteiger partial charge in [0.25, 0.3) is 0 Å². The van der Waals surface area contributed by atoms with Crippen LogP contribution in [0.25, 0.3) is 0 Å². The molecule has 2 bridgehead atoms. The third-order valence-electron chi connectivity index (χ3n) is 3.93. The lowest BCUT2D eigenvalue weighted by atomic mass is 9.95. The summed E-state index contributed by atoms with van der Waals surface area (Å²) in [6, 6.07) is 0.871. The lowest BCUT2D eigenvalue weighted by Gasteiger charge is -2.23. The minimum absolute atomic E-state index is 0.871. The van der Waals surface area contributed by atoms with Crippen LogP contribution in [0.15, 0.2) is 0 Å². The van der Waals surface area contributed by atoms with E-state index in [4.69, 9.17) is 0 Å². The second kappa shape index (κ2) is 4.63. The molecule has 2 heteroatoms. The number of hydrogen-bond donors (Lipinski definition) is 1. The van der Waals surface area contributed by atoms with Gasteiger partial charge in [-0.3, -0.25) is 0 Å². The van der Waals surface area contributed by atoms with Gasteiger partial charge < -0.3 is 10.2 Å². The Hall–Kier alpha value is -0.0800. The SMILES string of the molecule is CN(C)CCCNC1CC2CCC1C2. The number of rotatable bonds is 5. The maximum atomic E-state index is 3.74. The molecular formula is C12H24N2. The predicted octanol–water partition coefficient (Wildman–Crippen LogP) is 1.72. The molecule has 2 aliphatic rings. The van der Waals surface area contributed by atoms with Gasteiger partial charge in [0.05, 0.1) is 0 Å². The van der Waals surface area contributed by atoms with Crippen molar-refractivity contribution in [1.29, 1.82) is 0 Å². The Labute approximate surface area is 88.1 Å². The van der Waals surface area contributed by atoms with Crippen LogP contribution in [0.3, 0.4) is 0 Å². The highest BCUT2D eigenvalue weighted by atomic mass is 15.1. The maximum absolute atomic E-state index is 3.74. The molecule has 14 heavy (non-hydrogen) atoms. The zero-order valence-electron chi connectivity index (χ0n) is 9.63. The molecule has 1 N–H and O–H groups in total. The monoisotopic (exact) mass is 196 g/mol. The molecule has 2 fully saturated rings. The molecule has 2 saturated carbocycles. The van der Waals surface area contributed by atoms with E-state index in [1.807, 2.05) is 0 Å². The number of hydrogen-bond acceptors (Lipinski definition) is 2. The lowest BCUT2D eigenvalue weighted by Crippen LogP contribution is -2.35. The molecule has 0 amide bonds. The fourth-order valence-electron chi connectivity index (χ4n) is 3.18. The third-order valence-corrected chi connectivity index (χ3v) is 3.93. The smallest absolute Gasteiger partial charge is 0.00980 e. The average molecular weight is 196 g/mol. The summed E-state index contributed by atoms with van der Waals surface area (Å²) in [5.41, 5.74) is 0. The van der Waals surface area contributed by atoms with Gasteiger partial charge >= 0.3 is 0 Å². The van der Waals surface area contributed by atoms with Crippen molar-refractivity contribution in [3.8, 4) is 0 Å². The molecule has 0 aromatic heterocycles. The Morgan fingerprint density at radius 2 is 2.07 bits per heavy atom. The summed E-state index contributed by atoms with van der Waals surface area (Å²) < 4.78 is 0. The van der Waals surface area contributed by atoms with Gasteiger partial charge in [-0.25, -0.2) is 0 Å². The zero-order chi connectivity index (χ0) is 9.97. The topological polar surface area (TPSA) is 15.3 Å². The van der Waals surface area contributed by atoms with Crippen molar-refractivity contribution in [2.75, 3.05) is 27.2 Å². The Balaban J connectivity index is 1.58. The second-order valence-corrected chi connectivity index (χ2v) is 5.39. The van der Waals surface area contributed by atoms with Crippen molar-refractivity contribution in [2.45, 2.75) is 38.1 Å². The predicted molar refractivity (Wildman–Crippen MR) is 60.4 cm³/mol. The molecule has 0 aliphatic heterocycles. The summed E-state index contributed by atoms with van der Waals surface area (Å²) in [6.45, 7) is 2.43. The van der Waals surface area contributed by atoms with Crippen molar-refractivity contribution >= 4 is 0 Å². The normalized spacial score (nSPS) is 35.8. The Morgan fingerprint density at radius 3 is 2.64 bits per heavy atom. The van der Waals surface area contributed by atoms with E-state index in [1.165, 1.54) is 45.2 Å². The fourth-order valence-corrected chi connectivity index (χ4v) is 3.18. The number of nitrogens with zero attached hydrogens (tertiary/aromatic N) is 1. The van der Waals surface area contributed by atoms with Gasteiger partial charge in [-0.2, -0.15) is 0 Å². The standard InChI is InChI=1S/C12H24N2/c1-14(2)7-3-6-13-12-9-10-4-5-11(12)8-10/h10-13H,3-9H2,1-2H3.